The van der Waals surface area contributed by atoms with Crippen LogP contribution in [0.4, 0.5) is 0 Å². The summed E-state index contributed by atoms with van der Waals surface area (Å²) in [5, 5.41) is 3.36. The van der Waals surface area contributed by atoms with Gasteiger partial charge < -0.3 is 11.1 Å². The van der Waals surface area contributed by atoms with Crippen LogP contribution in [-0.2, 0) is 0 Å². The summed E-state index contributed by atoms with van der Waals surface area (Å²) in [6, 6.07) is 0.176. The molecular weight excluding hydrogens is 172 g/mol. The first kappa shape index (κ1) is 13.5. The van der Waals surface area contributed by atoms with E-state index >= 15 is 0 Å². The highest BCUT2D eigenvalue weighted by atomic mass is 14.9. The third-order valence-electron chi connectivity index (χ3n) is 2.87. The molecule has 0 spiro atoms. The molecule has 0 fully saturated rings. The summed E-state index contributed by atoms with van der Waals surface area (Å²) in [6.07, 6.45) is 0.982. The lowest BCUT2D eigenvalue weighted by atomic mass is 9.80. The monoisotopic (exact) mass is 198 g/mol. The van der Waals surface area contributed by atoms with Gasteiger partial charge in [-0.15, -0.1) is 0 Å². The minimum Gasteiger partial charge on any atom is -0.388 e. The minimum atomic E-state index is -0.0242. The van der Waals surface area contributed by atoms with Crippen LogP contribution < -0.4 is 11.1 Å². The third kappa shape index (κ3) is 3.70. The SMILES string of the molecule is C=C(NCC(C)C)C(C)(C)C(N)CC. The first-order valence-corrected chi connectivity index (χ1v) is 5.51. The second-order valence-electron chi connectivity index (χ2n) is 4.99. The van der Waals surface area contributed by atoms with Gasteiger partial charge in [0.05, 0.1) is 0 Å². The molecule has 14 heavy (non-hydrogen) atoms. The fourth-order valence-electron chi connectivity index (χ4n) is 1.29. The highest BCUT2D eigenvalue weighted by Gasteiger charge is 2.28. The lowest BCUT2D eigenvalue weighted by molar-refractivity contribution is 0.317. The minimum absolute atomic E-state index is 0.0242. The molecule has 1 atom stereocenters. The highest BCUT2D eigenvalue weighted by Crippen LogP contribution is 2.27. The molecule has 3 N–H and O–H groups in total. The Morgan fingerprint density at radius 3 is 2.29 bits per heavy atom. The van der Waals surface area contributed by atoms with E-state index in [4.69, 9.17) is 5.73 Å². The fourth-order valence-corrected chi connectivity index (χ4v) is 1.29. The molecule has 1 unspecified atom stereocenters. The van der Waals surface area contributed by atoms with E-state index in [2.05, 4.69) is 46.5 Å². The lowest BCUT2D eigenvalue weighted by Gasteiger charge is -2.34. The summed E-state index contributed by atoms with van der Waals surface area (Å²) >= 11 is 0. The van der Waals surface area contributed by atoms with Gasteiger partial charge in [-0.25, -0.2) is 0 Å². The number of hydrogen-bond acceptors (Lipinski definition) is 2. The van der Waals surface area contributed by atoms with Crippen LogP contribution >= 0.6 is 0 Å². The molecule has 0 bridgehead atoms. The number of nitrogens with two attached hydrogens (primary N) is 1. The lowest BCUT2D eigenvalue weighted by Crippen LogP contribution is -2.42. The number of nitrogens with one attached hydrogen (secondary N) is 1. The molecule has 0 aliphatic carbocycles. The summed E-state index contributed by atoms with van der Waals surface area (Å²) in [5.74, 6) is 0.639. The van der Waals surface area contributed by atoms with Crippen LogP contribution in [0.3, 0.4) is 0 Å². The molecule has 2 heteroatoms. The van der Waals surface area contributed by atoms with Crippen LogP contribution in [0, 0.1) is 11.3 Å². The molecule has 0 heterocycles. The smallest absolute Gasteiger partial charge is 0.0189 e. The van der Waals surface area contributed by atoms with Gasteiger partial charge in [0.15, 0.2) is 0 Å². The van der Waals surface area contributed by atoms with Gasteiger partial charge in [-0.05, 0) is 12.3 Å². The molecule has 0 rings (SSSR count). The van der Waals surface area contributed by atoms with Gasteiger partial charge in [-0.1, -0.05) is 41.2 Å². The van der Waals surface area contributed by atoms with Crippen LogP contribution in [0.2, 0.25) is 0 Å². The van der Waals surface area contributed by atoms with E-state index in [9.17, 15) is 0 Å². The van der Waals surface area contributed by atoms with Crippen molar-refractivity contribution >= 4 is 0 Å². The molecule has 0 saturated carbocycles. The zero-order valence-corrected chi connectivity index (χ0v) is 10.4. The topological polar surface area (TPSA) is 38.0 Å². The van der Waals surface area contributed by atoms with Crippen LogP contribution in [0.1, 0.15) is 41.0 Å². The maximum Gasteiger partial charge on any atom is 0.0189 e. The zero-order valence-electron chi connectivity index (χ0n) is 10.4. The molecule has 0 radical (unpaired) electrons. The van der Waals surface area contributed by atoms with E-state index in [1.807, 2.05) is 0 Å². The molecule has 0 aliphatic rings. The normalized spacial score (nSPS) is 14.2. The zero-order chi connectivity index (χ0) is 11.4. The Balaban J connectivity index is 4.21. The molecule has 0 aliphatic heterocycles. The second kappa shape index (κ2) is 5.40. The van der Waals surface area contributed by atoms with Crippen molar-refractivity contribution in [2.45, 2.75) is 47.1 Å². The Morgan fingerprint density at radius 2 is 1.93 bits per heavy atom. The van der Waals surface area contributed by atoms with Crippen molar-refractivity contribution in [2.24, 2.45) is 17.1 Å². The van der Waals surface area contributed by atoms with E-state index in [1.165, 1.54) is 0 Å². The van der Waals surface area contributed by atoms with E-state index in [0.717, 1.165) is 18.7 Å². The Labute approximate surface area is 89.0 Å². The van der Waals surface area contributed by atoms with Crippen LogP contribution in [0.5, 0.6) is 0 Å². The molecule has 0 aromatic rings. The summed E-state index contributed by atoms with van der Waals surface area (Å²) in [5.41, 5.74) is 7.09. The molecule has 84 valence electrons. The maximum absolute atomic E-state index is 6.06. The van der Waals surface area contributed by atoms with E-state index in [1.54, 1.807) is 0 Å². The number of hydrogen-bond donors (Lipinski definition) is 2. The van der Waals surface area contributed by atoms with Gasteiger partial charge in [0.25, 0.3) is 0 Å². The average Bonchev–Trinajstić information content (AvgIpc) is 2.12. The fraction of sp³-hybridized carbons (Fsp3) is 0.833. The van der Waals surface area contributed by atoms with Gasteiger partial charge in [-0.3, -0.25) is 0 Å². The molecule has 2 nitrogen and oxygen atoms in total. The predicted octanol–water partition coefficient (Wildman–Crippen LogP) is 2.51. The van der Waals surface area contributed by atoms with Crippen molar-refractivity contribution in [3.05, 3.63) is 12.3 Å². The van der Waals surface area contributed by atoms with Crippen molar-refractivity contribution in [3.8, 4) is 0 Å². The van der Waals surface area contributed by atoms with Gasteiger partial charge in [0.1, 0.15) is 0 Å². The van der Waals surface area contributed by atoms with Crippen LogP contribution in [-0.4, -0.2) is 12.6 Å². The standard InChI is InChI=1S/C12H26N2/c1-7-11(13)12(5,6)10(4)14-8-9(2)3/h9,11,14H,4,7-8,13H2,1-3,5-6H3. The Kier molecular flexibility index (Phi) is 5.21. The maximum atomic E-state index is 6.06. The van der Waals surface area contributed by atoms with Gasteiger partial charge in [-0.2, -0.15) is 0 Å². The van der Waals surface area contributed by atoms with Crippen molar-refractivity contribution < 1.29 is 0 Å². The van der Waals surface area contributed by atoms with Crippen LogP contribution in [0.15, 0.2) is 12.3 Å². The van der Waals surface area contributed by atoms with Crippen LogP contribution in [0.25, 0.3) is 0 Å². The van der Waals surface area contributed by atoms with Gasteiger partial charge >= 0.3 is 0 Å². The first-order chi connectivity index (χ1) is 6.32. The Hall–Kier alpha value is -0.500. The average molecular weight is 198 g/mol. The molecule has 0 aromatic carbocycles. The van der Waals surface area contributed by atoms with Gasteiger partial charge in [0, 0.05) is 23.7 Å². The second-order valence-corrected chi connectivity index (χ2v) is 4.99. The third-order valence-corrected chi connectivity index (χ3v) is 2.87. The van der Waals surface area contributed by atoms with E-state index in [0.29, 0.717) is 5.92 Å². The summed E-state index contributed by atoms with van der Waals surface area (Å²) in [6.45, 7) is 15.8. The molecule has 0 saturated heterocycles. The molecule has 0 aromatic heterocycles. The van der Waals surface area contributed by atoms with Gasteiger partial charge in [0.2, 0.25) is 0 Å². The molecule has 0 amide bonds. The summed E-state index contributed by atoms with van der Waals surface area (Å²) in [7, 11) is 0. The van der Waals surface area contributed by atoms with Crippen molar-refractivity contribution in [1.82, 2.24) is 5.32 Å². The predicted molar refractivity (Wildman–Crippen MR) is 64.0 cm³/mol. The summed E-state index contributed by atoms with van der Waals surface area (Å²) in [4.78, 5) is 0. The Bertz CT molecular complexity index is 183. The largest absolute Gasteiger partial charge is 0.388 e. The van der Waals surface area contributed by atoms with Crippen molar-refractivity contribution in [2.75, 3.05) is 6.54 Å². The van der Waals surface area contributed by atoms with Crippen molar-refractivity contribution in [1.29, 1.82) is 0 Å². The number of rotatable bonds is 6. The molecular formula is C12H26N2. The van der Waals surface area contributed by atoms with E-state index < -0.39 is 0 Å². The highest BCUT2D eigenvalue weighted by molar-refractivity contribution is 5.08. The van der Waals surface area contributed by atoms with E-state index in [-0.39, 0.29) is 11.5 Å². The van der Waals surface area contributed by atoms with Crippen molar-refractivity contribution in [3.63, 3.8) is 0 Å². The first-order valence-electron chi connectivity index (χ1n) is 5.51. The Morgan fingerprint density at radius 1 is 1.43 bits per heavy atom. The summed E-state index contributed by atoms with van der Waals surface area (Å²) < 4.78 is 0. The quantitative estimate of drug-likeness (QED) is 0.688.